The number of fused-ring (bicyclic) bond motifs is 5. The van der Waals surface area contributed by atoms with Gasteiger partial charge in [0.05, 0.1) is 15.3 Å². The second-order valence-electron chi connectivity index (χ2n) is 10.0. The quantitative estimate of drug-likeness (QED) is 0.404. The zero-order chi connectivity index (χ0) is 23.3. The molecule has 9 atom stereocenters. The van der Waals surface area contributed by atoms with Crippen LogP contribution in [0.3, 0.4) is 0 Å². The fraction of sp³-hybridized carbons (Fsp3) is 0.727. The van der Waals surface area contributed by atoms with E-state index in [0.717, 1.165) is 0 Å². The summed E-state index contributed by atoms with van der Waals surface area (Å²) in [7, 11) is 0. The van der Waals surface area contributed by atoms with Crippen LogP contribution in [0.4, 0.5) is 4.39 Å². The Hall–Kier alpha value is -0.500. The van der Waals surface area contributed by atoms with Crippen LogP contribution in [0, 0.1) is 28.6 Å². The van der Waals surface area contributed by atoms with Crippen molar-refractivity contribution in [3.63, 3.8) is 0 Å². The molecule has 0 aromatic heterocycles. The van der Waals surface area contributed by atoms with E-state index in [-0.39, 0.29) is 23.4 Å². The number of rotatable bonds is 2. The van der Waals surface area contributed by atoms with Crippen molar-refractivity contribution in [1.82, 2.24) is 0 Å². The van der Waals surface area contributed by atoms with E-state index in [1.165, 1.54) is 6.08 Å². The molecule has 3 N–H and O–H groups in total. The summed E-state index contributed by atoms with van der Waals surface area (Å²) in [6, 6.07) is 0. The van der Waals surface area contributed by atoms with Crippen molar-refractivity contribution in [3.8, 4) is 0 Å². The molecule has 0 aromatic carbocycles. The molecule has 3 saturated carbocycles. The van der Waals surface area contributed by atoms with Gasteiger partial charge in [0.15, 0.2) is 5.78 Å². The lowest BCUT2D eigenvalue weighted by atomic mass is 9.46. The first-order chi connectivity index (χ1) is 14.2. The van der Waals surface area contributed by atoms with Crippen molar-refractivity contribution >= 4 is 46.4 Å². The molecule has 0 bridgehead atoms. The number of Topliss-reactive ketones (excluding diaryl/α,β-unsaturated/α-hetero) is 1. The summed E-state index contributed by atoms with van der Waals surface area (Å²) in [4.78, 5) is 23.7. The minimum Gasteiger partial charge on any atom is -0.381 e. The highest BCUT2D eigenvalue weighted by molar-refractivity contribution is 6.45. The lowest BCUT2D eigenvalue weighted by Gasteiger charge is -2.64. The van der Waals surface area contributed by atoms with Crippen LogP contribution in [0.15, 0.2) is 22.8 Å². The maximum atomic E-state index is 15.6. The normalized spacial score (nSPS) is 51.6. The minimum atomic E-state index is -2.34. The summed E-state index contributed by atoms with van der Waals surface area (Å²) in [5.41, 5.74) is -4.20. The SMILES string of the molecule is C[C@H]1C[C@H]2[C@@H]3C[C@H](F)C4=C(Cl)C(=O)C=C[C@]4(C)[C@@]3(Cl)[C@@H](Cl)C[C@]2(C)[C@@]1(O)C(=O)C(O)O. The summed E-state index contributed by atoms with van der Waals surface area (Å²) in [6.45, 7) is 5.09. The molecule has 0 heterocycles. The topological polar surface area (TPSA) is 94.8 Å². The molecule has 0 amide bonds. The third kappa shape index (κ3) is 2.61. The second kappa shape index (κ2) is 7.00. The van der Waals surface area contributed by atoms with E-state index < -0.39 is 68.5 Å². The molecule has 0 unspecified atom stereocenters. The number of halogens is 4. The van der Waals surface area contributed by atoms with E-state index in [0.29, 0.717) is 6.42 Å². The smallest absolute Gasteiger partial charge is 0.220 e. The number of hydrogen-bond acceptors (Lipinski definition) is 5. The molecule has 0 spiro atoms. The van der Waals surface area contributed by atoms with Crippen molar-refractivity contribution < 1.29 is 29.3 Å². The summed E-state index contributed by atoms with van der Waals surface area (Å²) in [5.74, 6) is -3.14. The van der Waals surface area contributed by atoms with E-state index in [1.54, 1.807) is 26.8 Å². The van der Waals surface area contributed by atoms with Gasteiger partial charge in [0, 0.05) is 10.8 Å². The molecule has 4 aliphatic carbocycles. The first kappa shape index (κ1) is 23.7. The van der Waals surface area contributed by atoms with Crippen molar-refractivity contribution in [1.29, 1.82) is 0 Å². The molecule has 31 heavy (non-hydrogen) atoms. The number of aliphatic hydroxyl groups excluding tert-OH is 1. The van der Waals surface area contributed by atoms with Gasteiger partial charge in [-0.15, -0.1) is 23.2 Å². The maximum Gasteiger partial charge on any atom is 0.220 e. The molecule has 172 valence electrons. The number of alkyl halides is 3. The monoisotopic (exact) mass is 494 g/mol. The Labute approximate surface area is 195 Å². The molecular formula is C22H26Cl3FO5. The van der Waals surface area contributed by atoms with E-state index in [1.807, 2.05) is 0 Å². The average molecular weight is 496 g/mol. The van der Waals surface area contributed by atoms with Crippen LogP contribution < -0.4 is 0 Å². The first-order valence-corrected chi connectivity index (χ1v) is 11.6. The van der Waals surface area contributed by atoms with Gasteiger partial charge in [-0.2, -0.15) is 0 Å². The molecule has 0 saturated heterocycles. The number of hydrogen-bond donors (Lipinski definition) is 3. The van der Waals surface area contributed by atoms with Gasteiger partial charge in [-0.25, -0.2) is 4.39 Å². The molecule has 0 radical (unpaired) electrons. The summed E-state index contributed by atoms with van der Waals surface area (Å²) in [6.07, 6.45) is -0.636. The molecule has 9 heteroatoms. The highest BCUT2D eigenvalue weighted by atomic mass is 35.5. The van der Waals surface area contributed by atoms with Gasteiger partial charge in [-0.3, -0.25) is 9.59 Å². The predicted molar refractivity (Wildman–Crippen MR) is 115 cm³/mol. The van der Waals surface area contributed by atoms with Gasteiger partial charge in [0.1, 0.15) is 11.8 Å². The standard InChI is InChI=1S/C22H26Cl3FO5/c1-9-6-10-11-7-12(26)15-16(24)13(27)4-5-19(15,2)21(11,25)14(23)8-20(10,3)22(9,31)17(28)18(29)30/h4-5,9-12,14,18,29-31H,6-8H2,1-3H3/t9-,10-,11-,12-,14-,19-,20-,21-,22-/m0/s1. The molecular weight excluding hydrogens is 470 g/mol. The third-order valence-corrected chi connectivity index (χ3v) is 10.8. The summed E-state index contributed by atoms with van der Waals surface area (Å²) in [5, 5.41) is 29.7. The largest absolute Gasteiger partial charge is 0.381 e. The van der Waals surface area contributed by atoms with Crippen LogP contribution in [-0.4, -0.2) is 55.2 Å². The summed E-state index contributed by atoms with van der Waals surface area (Å²) < 4.78 is 15.6. The Morgan fingerprint density at radius 3 is 2.45 bits per heavy atom. The van der Waals surface area contributed by atoms with Gasteiger partial charge in [0.25, 0.3) is 0 Å². The van der Waals surface area contributed by atoms with Gasteiger partial charge >= 0.3 is 0 Å². The lowest BCUT2D eigenvalue weighted by molar-refractivity contribution is -0.188. The molecule has 0 aromatic rings. The van der Waals surface area contributed by atoms with Gasteiger partial charge in [0.2, 0.25) is 12.1 Å². The molecule has 0 aliphatic heterocycles. The Bertz CT molecular complexity index is 921. The predicted octanol–water partition coefficient (Wildman–Crippen LogP) is 3.24. The van der Waals surface area contributed by atoms with Gasteiger partial charge in [-0.1, -0.05) is 38.4 Å². The van der Waals surface area contributed by atoms with Crippen molar-refractivity contribution in [2.75, 3.05) is 0 Å². The zero-order valence-electron chi connectivity index (χ0n) is 17.4. The Morgan fingerprint density at radius 1 is 1.26 bits per heavy atom. The number of aliphatic hydroxyl groups is 3. The number of carbonyl (C=O) groups excluding carboxylic acids is 2. The van der Waals surface area contributed by atoms with E-state index in [9.17, 15) is 24.9 Å². The molecule has 3 fully saturated rings. The average Bonchev–Trinajstić information content (AvgIpc) is 2.88. The lowest BCUT2D eigenvalue weighted by Crippen LogP contribution is -2.69. The molecule has 4 rings (SSSR count). The van der Waals surface area contributed by atoms with Crippen LogP contribution >= 0.6 is 34.8 Å². The fourth-order valence-corrected chi connectivity index (χ4v) is 8.86. The molecule has 5 nitrogen and oxygen atoms in total. The van der Waals surface area contributed by atoms with Crippen LogP contribution in [0.25, 0.3) is 0 Å². The first-order valence-electron chi connectivity index (χ1n) is 10.4. The van der Waals surface area contributed by atoms with Crippen molar-refractivity contribution in [3.05, 3.63) is 22.8 Å². The Balaban J connectivity index is 1.89. The highest BCUT2D eigenvalue weighted by Gasteiger charge is 2.76. The van der Waals surface area contributed by atoms with Crippen molar-refractivity contribution in [2.45, 2.75) is 68.3 Å². The summed E-state index contributed by atoms with van der Waals surface area (Å²) >= 11 is 20.5. The van der Waals surface area contributed by atoms with E-state index >= 15 is 4.39 Å². The Morgan fingerprint density at radius 2 is 1.87 bits per heavy atom. The van der Waals surface area contributed by atoms with Crippen LogP contribution in [0.5, 0.6) is 0 Å². The number of ketones is 2. The van der Waals surface area contributed by atoms with Crippen molar-refractivity contribution in [2.24, 2.45) is 28.6 Å². The Kier molecular flexibility index (Phi) is 5.34. The maximum absolute atomic E-state index is 15.6. The minimum absolute atomic E-state index is 0.0616. The fourth-order valence-electron chi connectivity index (χ4n) is 7.29. The number of carbonyl (C=O) groups is 2. The van der Waals surface area contributed by atoms with Crippen LogP contribution in [0.2, 0.25) is 0 Å². The van der Waals surface area contributed by atoms with Crippen LogP contribution in [-0.2, 0) is 9.59 Å². The van der Waals surface area contributed by atoms with Gasteiger partial charge in [-0.05, 0) is 48.7 Å². The van der Waals surface area contributed by atoms with E-state index in [2.05, 4.69) is 0 Å². The third-order valence-electron chi connectivity index (χ3n) is 8.85. The molecule has 4 aliphatic rings. The highest BCUT2D eigenvalue weighted by Crippen LogP contribution is 2.73. The zero-order valence-corrected chi connectivity index (χ0v) is 19.7. The van der Waals surface area contributed by atoms with Crippen LogP contribution in [0.1, 0.15) is 40.0 Å². The second-order valence-corrected chi connectivity index (χ2v) is 11.6. The van der Waals surface area contributed by atoms with Gasteiger partial charge < -0.3 is 15.3 Å². The van der Waals surface area contributed by atoms with E-state index in [4.69, 9.17) is 34.8 Å². The number of allylic oxidation sites excluding steroid dienone is 4.